The second-order valence-corrected chi connectivity index (χ2v) is 7.03. The molecule has 9 heteroatoms. The van der Waals surface area contributed by atoms with Crippen LogP contribution in [0, 0.1) is 6.92 Å². The van der Waals surface area contributed by atoms with Gasteiger partial charge in [0.2, 0.25) is 5.82 Å². The fraction of sp³-hybridized carbons (Fsp3) is 0.190. The van der Waals surface area contributed by atoms with Crippen molar-refractivity contribution in [1.82, 2.24) is 35.2 Å². The van der Waals surface area contributed by atoms with Crippen LogP contribution < -0.4 is 5.32 Å². The van der Waals surface area contributed by atoms with Gasteiger partial charge >= 0.3 is 0 Å². The second kappa shape index (κ2) is 8.16. The molecule has 4 aromatic rings. The van der Waals surface area contributed by atoms with Gasteiger partial charge in [0.1, 0.15) is 17.2 Å². The Morgan fingerprint density at radius 1 is 1.13 bits per heavy atom. The number of aromatic nitrogens is 7. The van der Waals surface area contributed by atoms with Gasteiger partial charge in [-0.05, 0) is 66.6 Å². The lowest BCUT2D eigenvalue weighted by Crippen LogP contribution is -2.15. The number of nitrogens with zero attached hydrogens (tertiary/aromatic N) is 7. The van der Waals surface area contributed by atoms with E-state index in [1.807, 2.05) is 32.9 Å². The third-order valence-corrected chi connectivity index (χ3v) is 4.51. The number of aryl methyl sites for hydroxylation is 1. The Morgan fingerprint density at radius 3 is 2.77 bits per heavy atom. The number of tetrazole rings is 1. The van der Waals surface area contributed by atoms with Crippen molar-refractivity contribution >= 4 is 11.7 Å². The van der Waals surface area contributed by atoms with Crippen LogP contribution in [-0.2, 0) is 0 Å². The van der Waals surface area contributed by atoms with Crippen molar-refractivity contribution in [2.75, 3.05) is 5.32 Å². The molecule has 30 heavy (non-hydrogen) atoms. The number of pyridine rings is 3. The zero-order chi connectivity index (χ0) is 21.1. The summed E-state index contributed by atoms with van der Waals surface area (Å²) in [5, 5.41) is 14.6. The number of hydrogen-bond acceptors (Lipinski definition) is 7. The molecule has 150 valence electrons. The molecule has 0 bridgehead atoms. The molecular weight excluding hydrogens is 380 g/mol. The van der Waals surface area contributed by atoms with E-state index in [1.165, 1.54) is 0 Å². The smallest absolute Gasteiger partial charge is 0.275 e. The summed E-state index contributed by atoms with van der Waals surface area (Å²) in [5.41, 5.74) is 3.64. The fourth-order valence-electron chi connectivity index (χ4n) is 3.00. The highest BCUT2D eigenvalue weighted by atomic mass is 16.1. The molecule has 0 aliphatic rings. The van der Waals surface area contributed by atoms with Gasteiger partial charge in [0.05, 0.1) is 6.04 Å². The van der Waals surface area contributed by atoms with Crippen molar-refractivity contribution in [3.63, 3.8) is 0 Å². The van der Waals surface area contributed by atoms with Crippen LogP contribution >= 0.6 is 0 Å². The van der Waals surface area contributed by atoms with E-state index in [0.29, 0.717) is 23.0 Å². The van der Waals surface area contributed by atoms with Gasteiger partial charge in [-0.15, -0.1) is 5.10 Å². The van der Waals surface area contributed by atoms with E-state index in [1.54, 1.807) is 47.5 Å². The van der Waals surface area contributed by atoms with E-state index in [9.17, 15) is 4.79 Å². The molecule has 0 saturated carbocycles. The molecular formula is C21H20N8O. The molecule has 0 spiro atoms. The van der Waals surface area contributed by atoms with Gasteiger partial charge in [0.25, 0.3) is 5.91 Å². The molecule has 0 aliphatic heterocycles. The summed E-state index contributed by atoms with van der Waals surface area (Å²) in [5.74, 6) is 0.572. The zero-order valence-corrected chi connectivity index (χ0v) is 16.8. The monoisotopic (exact) mass is 400 g/mol. The van der Waals surface area contributed by atoms with Crippen molar-refractivity contribution in [3.8, 4) is 22.6 Å². The minimum atomic E-state index is -0.353. The zero-order valence-electron chi connectivity index (χ0n) is 16.8. The fourth-order valence-corrected chi connectivity index (χ4v) is 3.00. The lowest BCUT2D eigenvalue weighted by molar-refractivity contribution is 0.102. The first-order valence-electron chi connectivity index (χ1n) is 9.46. The van der Waals surface area contributed by atoms with Crippen LogP contribution in [0.1, 0.15) is 35.9 Å². The summed E-state index contributed by atoms with van der Waals surface area (Å²) in [7, 11) is 0. The maximum absolute atomic E-state index is 12.8. The Hall–Kier alpha value is -4.01. The average Bonchev–Trinajstić information content (AvgIpc) is 3.25. The van der Waals surface area contributed by atoms with E-state index in [2.05, 4.69) is 35.8 Å². The van der Waals surface area contributed by atoms with E-state index in [-0.39, 0.29) is 11.9 Å². The van der Waals surface area contributed by atoms with Crippen LogP contribution in [0.2, 0.25) is 0 Å². The van der Waals surface area contributed by atoms with Crippen LogP contribution in [0.15, 0.2) is 55.0 Å². The van der Waals surface area contributed by atoms with Gasteiger partial charge < -0.3 is 5.32 Å². The number of carbonyl (C=O) groups is 1. The van der Waals surface area contributed by atoms with Gasteiger partial charge in [0, 0.05) is 24.2 Å². The maximum Gasteiger partial charge on any atom is 0.275 e. The molecule has 4 aromatic heterocycles. The normalized spacial score (nSPS) is 10.9. The molecule has 0 radical (unpaired) electrons. The Bertz CT molecular complexity index is 1190. The third-order valence-electron chi connectivity index (χ3n) is 4.51. The van der Waals surface area contributed by atoms with Crippen molar-refractivity contribution in [2.24, 2.45) is 0 Å². The third kappa shape index (κ3) is 3.90. The van der Waals surface area contributed by atoms with Crippen molar-refractivity contribution in [2.45, 2.75) is 26.8 Å². The van der Waals surface area contributed by atoms with E-state index >= 15 is 0 Å². The van der Waals surface area contributed by atoms with Gasteiger partial charge in [-0.25, -0.2) is 9.67 Å². The summed E-state index contributed by atoms with van der Waals surface area (Å²) < 4.78 is 1.68. The first-order valence-corrected chi connectivity index (χ1v) is 9.46. The topological polar surface area (TPSA) is 111 Å². The number of carbonyl (C=O) groups excluding carboxylic acids is 1. The van der Waals surface area contributed by atoms with Crippen LogP contribution in [0.4, 0.5) is 5.82 Å². The first kappa shape index (κ1) is 19.3. The molecule has 9 nitrogen and oxygen atoms in total. The second-order valence-electron chi connectivity index (χ2n) is 7.03. The number of hydrogen-bond donors (Lipinski definition) is 1. The van der Waals surface area contributed by atoms with E-state index in [0.717, 1.165) is 16.7 Å². The largest absolute Gasteiger partial charge is 0.305 e. The SMILES string of the molecule is Cc1cnc(C(=O)Nc2cccc(-c3nnnn3C(C)C)n2)cc1-c1cccnc1. The maximum atomic E-state index is 12.8. The van der Waals surface area contributed by atoms with Gasteiger partial charge in [-0.2, -0.15) is 0 Å². The van der Waals surface area contributed by atoms with Crippen molar-refractivity contribution in [3.05, 3.63) is 66.2 Å². The summed E-state index contributed by atoms with van der Waals surface area (Å²) in [6.07, 6.45) is 5.15. The summed E-state index contributed by atoms with van der Waals surface area (Å²) >= 11 is 0. The minimum absolute atomic E-state index is 0.0812. The van der Waals surface area contributed by atoms with Crippen LogP contribution in [0.5, 0.6) is 0 Å². The van der Waals surface area contributed by atoms with E-state index in [4.69, 9.17) is 0 Å². The van der Waals surface area contributed by atoms with Crippen LogP contribution in [-0.4, -0.2) is 41.1 Å². The Labute approximate surface area is 173 Å². The average molecular weight is 400 g/mol. The Morgan fingerprint density at radius 2 is 2.00 bits per heavy atom. The predicted octanol–water partition coefficient (Wildman–Crippen LogP) is 3.33. The van der Waals surface area contributed by atoms with Gasteiger partial charge in [-0.1, -0.05) is 12.1 Å². The Balaban J connectivity index is 1.60. The lowest BCUT2D eigenvalue weighted by atomic mass is 10.0. The quantitative estimate of drug-likeness (QED) is 0.547. The highest BCUT2D eigenvalue weighted by Gasteiger charge is 2.15. The number of rotatable bonds is 5. The molecule has 0 fully saturated rings. The first-order chi connectivity index (χ1) is 14.5. The summed E-state index contributed by atoms with van der Waals surface area (Å²) in [4.78, 5) is 25.7. The van der Waals surface area contributed by atoms with Gasteiger partial charge in [-0.3, -0.25) is 14.8 Å². The van der Waals surface area contributed by atoms with Crippen LogP contribution in [0.25, 0.3) is 22.6 Å². The molecule has 0 unspecified atom stereocenters. The predicted molar refractivity (Wildman–Crippen MR) is 112 cm³/mol. The molecule has 1 N–H and O–H groups in total. The molecule has 0 aliphatic carbocycles. The van der Waals surface area contributed by atoms with Gasteiger partial charge in [0.15, 0.2) is 0 Å². The van der Waals surface area contributed by atoms with Crippen molar-refractivity contribution < 1.29 is 4.79 Å². The number of nitrogens with one attached hydrogen (secondary N) is 1. The molecule has 4 rings (SSSR count). The molecule has 1 amide bonds. The molecule has 0 atom stereocenters. The number of amides is 1. The van der Waals surface area contributed by atoms with Crippen LogP contribution in [0.3, 0.4) is 0 Å². The number of anilines is 1. The Kier molecular flexibility index (Phi) is 5.25. The molecule has 0 saturated heterocycles. The minimum Gasteiger partial charge on any atom is -0.305 e. The molecule has 0 aromatic carbocycles. The summed E-state index contributed by atoms with van der Waals surface area (Å²) in [6, 6.07) is 10.9. The highest BCUT2D eigenvalue weighted by molar-refractivity contribution is 6.03. The van der Waals surface area contributed by atoms with E-state index < -0.39 is 0 Å². The highest BCUT2D eigenvalue weighted by Crippen LogP contribution is 2.23. The lowest BCUT2D eigenvalue weighted by Gasteiger charge is -2.10. The standard InChI is InChI=1S/C21H20N8O/c1-13(2)29-20(26-27-28-29)17-7-4-8-19(24-17)25-21(30)18-10-16(14(3)11-23-18)15-6-5-9-22-12-15/h4-13H,1-3H3,(H,24,25,30). The molecule has 4 heterocycles. The van der Waals surface area contributed by atoms with Crippen molar-refractivity contribution in [1.29, 1.82) is 0 Å². The summed E-state index contributed by atoms with van der Waals surface area (Å²) in [6.45, 7) is 5.91.